The fraction of sp³-hybridized carbons (Fsp3) is 0.231. The van der Waals surface area contributed by atoms with Crippen molar-refractivity contribution in [2.75, 3.05) is 5.32 Å². The van der Waals surface area contributed by atoms with Gasteiger partial charge in [-0.3, -0.25) is 9.78 Å². The molecule has 112 valence electrons. The first-order chi connectivity index (χ1) is 9.97. The average molecular weight is 298 g/mol. The van der Waals surface area contributed by atoms with Gasteiger partial charge in [-0.05, 0) is 12.1 Å². The van der Waals surface area contributed by atoms with Gasteiger partial charge in [-0.1, -0.05) is 13.8 Å². The maximum atomic E-state index is 12.3. The Balaban J connectivity index is 0.00000106. The number of carbonyl (C=O) groups excluding carboxylic acids is 1. The molecule has 0 atom stereocenters. The summed E-state index contributed by atoms with van der Waals surface area (Å²) in [4.78, 5) is 22.0. The second-order valence-electron chi connectivity index (χ2n) is 3.47. The van der Waals surface area contributed by atoms with Crippen molar-refractivity contribution in [1.82, 2.24) is 15.0 Å². The molecule has 1 N–H and O–H groups in total. The molecule has 0 aromatic carbocycles. The quantitative estimate of drug-likeness (QED) is 0.924. The van der Waals surface area contributed by atoms with Gasteiger partial charge in [-0.15, -0.1) is 0 Å². The van der Waals surface area contributed by atoms with Crippen LogP contribution >= 0.6 is 0 Å². The molecule has 0 saturated heterocycles. The first-order valence-corrected chi connectivity index (χ1v) is 6.07. The van der Waals surface area contributed by atoms with E-state index in [1.165, 1.54) is 24.5 Å². The smallest absolute Gasteiger partial charge is 0.320 e. The largest absolute Gasteiger partial charge is 0.434 e. The number of pyridine rings is 1. The number of aromatic nitrogens is 3. The molecule has 0 aliphatic heterocycles. The molecule has 1 amide bonds. The molecule has 2 heterocycles. The van der Waals surface area contributed by atoms with Crippen LogP contribution in [0.5, 0.6) is 0 Å². The third kappa shape index (κ3) is 4.83. The molecular weight excluding hydrogens is 285 g/mol. The van der Waals surface area contributed by atoms with Crippen LogP contribution in [0.3, 0.4) is 0 Å². The van der Waals surface area contributed by atoms with Gasteiger partial charge in [0.2, 0.25) is 0 Å². The van der Waals surface area contributed by atoms with Crippen LogP contribution in [-0.2, 0) is 6.18 Å². The summed E-state index contributed by atoms with van der Waals surface area (Å²) in [5.41, 5.74) is -0.889. The molecule has 0 saturated carbocycles. The van der Waals surface area contributed by atoms with Crippen LogP contribution in [0.1, 0.15) is 30.0 Å². The molecule has 0 spiro atoms. The lowest BCUT2D eigenvalue weighted by Crippen LogP contribution is -2.16. The number of nitrogens with zero attached hydrogens (tertiary/aromatic N) is 3. The fourth-order valence-corrected chi connectivity index (χ4v) is 1.22. The van der Waals surface area contributed by atoms with Gasteiger partial charge in [0.1, 0.15) is 5.69 Å². The molecule has 8 heteroatoms. The molecular formula is C13H13F3N4O. The standard InChI is InChI=1S/C11H7F3N4O.C2H6/c12-11(13,14)9-6-16-8(5-17-9)10(19)18-7-1-3-15-4-2-7;1-2/h1-6H,(H,15,18,19);1-2H3. The van der Waals surface area contributed by atoms with Crippen LogP contribution in [-0.4, -0.2) is 20.9 Å². The summed E-state index contributed by atoms with van der Waals surface area (Å²) in [5.74, 6) is -0.646. The van der Waals surface area contributed by atoms with E-state index in [4.69, 9.17) is 0 Å². The Bertz CT molecular complexity index is 570. The van der Waals surface area contributed by atoms with Gasteiger partial charge < -0.3 is 5.32 Å². The van der Waals surface area contributed by atoms with E-state index in [0.717, 1.165) is 6.20 Å². The number of hydrogen-bond acceptors (Lipinski definition) is 4. The lowest BCUT2D eigenvalue weighted by Gasteiger charge is -2.06. The van der Waals surface area contributed by atoms with Crippen molar-refractivity contribution in [1.29, 1.82) is 0 Å². The predicted octanol–water partition coefficient (Wildman–Crippen LogP) is 3.17. The van der Waals surface area contributed by atoms with Crippen LogP contribution in [0.2, 0.25) is 0 Å². The Morgan fingerprint density at radius 1 is 1.10 bits per heavy atom. The number of amides is 1. The highest BCUT2D eigenvalue weighted by Crippen LogP contribution is 2.26. The van der Waals surface area contributed by atoms with Crippen molar-refractivity contribution < 1.29 is 18.0 Å². The summed E-state index contributed by atoms with van der Waals surface area (Å²) < 4.78 is 36.8. The predicted molar refractivity (Wildman–Crippen MR) is 70.6 cm³/mol. The summed E-state index contributed by atoms with van der Waals surface area (Å²) in [7, 11) is 0. The van der Waals surface area contributed by atoms with Gasteiger partial charge in [0.15, 0.2) is 5.69 Å². The van der Waals surface area contributed by atoms with E-state index < -0.39 is 17.8 Å². The van der Waals surface area contributed by atoms with E-state index in [9.17, 15) is 18.0 Å². The molecule has 0 radical (unpaired) electrons. The van der Waals surface area contributed by atoms with Crippen molar-refractivity contribution in [2.24, 2.45) is 0 Å². The molecule has 0 aliphatic rings. The molecule has 0 fully saturated rings. The third-order valence-electron chi connectivity index (χ3n) is 2.11. The van der Waals surface area contributed by atoms with Crippen molar-refractivity contribution in [2.45, 2.75) is 20.0 Å². The number of halogens is 3. The molecule has 0 bridgehead atoms. The Morgan fingerprint density at radius 3 is 2.19 bits per heavy atom. The Hall–Kier alpha value is -2.51. The molecule has 2 aromatic heterocycles. The Kier molecular flexibility index (Phi) is 5.77. The van der Waals surface area contributed by atoms with E-state index in [1.807, 2.05) is 13.8 Å². The minimum atomic E-state index is -4.58. The van der Waals surface area contributed by atoms with Crippen LogP contribution in [0, 0.1) is 0 Å². The third-order valence-corrected chi connectivity index (χ3v) is 2.11. The van der Waals surface area contributed by atoms with Gasteiger partial charge in [-0.2, -0.15) is 13.2 Å². The second kappa shape index (κ2) is 7.32. The van der Waals surface area contributed by atoms with Crippen LogP contribution < -0.4 is 5.32 Å². The Morgan fingerprint density at radius 2 is 1.71 bits per heavy atom. The normalized spacial score (nSPS) is 10.3. The maximum absolute atomic E-state index is 12.3. The molecule has 0 aliphatic carbocycles. The van der Waals surface area contributed by atoms with Crippen molar-refractivity contribution in [3.8, 4) is 0 Å². The van der Waals surface area contributed by atoms with Crippen molar-refractivity contribution in [3.05, 3.63) is 48.3 Å². The van der Waals surface area contributed by atoms with Gasteiger partial charge >= 0.3 is 6.18 Å². The van der Waals surface area contributed by atoms with Crippen LogP contribution in [0.25, 0.3) is 0 Å². The van der Waals surface area contributed by atoms with E-state index >= 15 is 0 Å². The van der Waals surface area contributed by atoms with Gasteiger partial charge in [0, 0.05) is 18.1 Å². The lowest BCUT2D eigenvalue weighted by molar-refractivity contribution is -0.141. The summed E-state index contributed by atoms with van der Waals surface area (Å²) >= 11 is 0. The van der Waals surface area contributed by atoms with Gasteiger partial charge in [-0.25, -0.2) is 9.97 Å². The zero-order chi connectivity index (χ0) is 15.9. The maximum Gasteiger partial charge on any atom is 0.434 e. The molecule has 0 unspecified atom stereocenters. The number of nitrogens with one attached hydrogen (secondary N) is 1. The van der Waals surface area contributed by atoms with Gasteiger partial charge in [0.05, 0.1) is 12.4 Å². The first-order valence-electron chi connectivity index (χ1n) is 6.07. The molecule has 5 nitrogen and oxygen atoms in total. The summed E-state index contributed by atoms with van der Waals surface area (Å²) in [6, 6.07) is 3.07. The zero-order valence-electron chi connectivity index (χ0n) is 11.3. The van der Waals surface area contributed by atoms with E-state index in [2.05, 4.69) is 20.3 Å². The average Bonchev–Trinajstić information content (AvgIpc) is 2.49. The summed E-state index contributed by atoms with van der Waals surface area (Å²) in [5, 5.41) is 2.45. The summed E-state index contributed by atoms with van der Waals surface area (Å²) in [6.07, 6.45) is -0.351. The zero-order valence-corrected chi connectivity index (χ0v) is 11.3. The van der Waals surface area contributed by atoms with E-state index in [1.54, 1.807) is 0 Å². The number of alkyl halides is 3. The highest BCUT2D eigenvalue weighted by atomic mass is 19.4. The minimum Gasteiger partial charge on any atom is -0.320 e. The minimum absolute atomic E-state index is 0.204. The van der Waals surface area contributed by atoms with E-state index in [-0.39, 0.29) is 5.69 Å². The number of anilines is 1. The molecule has 2 rings (SSSR count). The highest BCUT2D eigenvalue weighted by molar-refractivity contribution is 6.02. The topological polar surface area (TPSA) is 67.8 Å². The fourth-order valence-electron chi connectivity index (χ4n) is 1.22. The molecule has 21 heavy (non-hydrogen) atoms. The number of rotatable bonds is 2. The van der Waals surface area contributed by atoms with Crippen molar-refractivity contribution in [3.63, 3.8) is 0 Å². The van der Waals surface area contributed by atoms with E-state index in [0.29, 0.717) is 11.9 Å². The Labute approximate surface area is 119 Å². The van der Waals surface area contributed by atoms with Gasteiger partial charge in [0.25, 0.3) is 5.91 Å². The molecule has 2 aromatic rings. The van der Waals surface area contributed by atoms with Crippen LogP contribution in [0.4, 0.5) is 18.9 Å². The lowest BCUT2D eigenvalue weighted by atomic mass is 10.3. The van der Waals surface area contributed by atoms with Crippen molar-refractivity contribution >= 4 is 11.6 Å². The number of carbonyl (C=O) groups is 1. The van der Waals surface area contributed by atoms with Crippen LogP contribution in [0.15, 0.2) is 36.9 Å². The SMILES string of the molecule is CC.O=C(Nc1ccncc1)c1cnc(C(F)(F)F)cn1. The highest BCUT2D eigenvalue weighted by Gasteiger charge is 2.32. The number of hydrogen-bond donors (Lipinski definition) is 1. The monoisotopic (exact) mass is 298 g/mol. The summed E-state index contributed by atoms with van der Waals surface area (Å²) in [6.45, 7) is 4.00. The second-order valence-corrected chi connectivity index (χ2v) is 3.47. The first kappa shape index (κ1) is 16.5.